The molecule has 0 amide bonds. The van der Waals surface area contributed by atoms with E-state index < -0.39 is 6.10 Å². The van der Waals surface area contributed by atoms with Crippen LogP contribution in [0, 0.1) is 0 Å². The summed E-state index contributed by atoms with van der Waals surface area (Å²) in [7, 11) is 0. The summed E-state index contributed by atoms with van der Waals surface area (Å²) in [5, 5.41) is 0. The zero-order valence-corrected chi connectivity index (χ0v) is 46.0. The average molecular weight is 976 g/mol. The van der Waals surface area contributed by atoms with Crippen molar-refractivity contribution in [2.75, 3.05) is 13.2 Å². The third kappa shape index (κ3) is 55.5. The molecular formula is C64H110O6. The summed E-state index contributed by atoms with van der Waals surface area (Å²) in [6, 6.07) is 0. The molecular weight excluding hydrogens is 865 g/mol. The maximum absolute atomic E-state index is 12.8. The van der Waals surface area contributed by atoms with Crippen LogP contribution in [0.2, 0.25) is 0 Å². The van der Waals surface area contributed by atoms with Crippen molar-refractivity contribution in [3.05, 3.63) is 85.1 Å². The molecule has 1 unspecified atom stereocenters. The largest absolute Gasteiger partial charge is 0.462 e. The van der Waals surface area contributed by atoms with Gasteiger partial charge in [0, 0.05) is 19.3 Å². The Morgan fingerprint density at radius 1 is 0.300 bits per heavy atom. The first-order valence-corrected chi connectivity index (χ1v) is 29.6. The van der Waals surface area contributed by atoms with Crippen LogP contribution in [0.25, 0.3) is 0 Å². The predicted molar refractivity (Wildman–Crippen MR) is 302 cm³/mol. The van der Waals surface area contributed by atoms with Crippen molar-refractivity contribution in [3.8, 4) is 0 Å². The lowest BCUT2D eigenvalue weighted by molar-refractivity contribution is -0.167. The first-order chi connectivity index (χ1) is 34.5. The number of unbranched alkanes of at least 4 members (excludes halogenated alkanes) is 28. The molecule has 0 radical (unpaired) electrons. The minimum absolute atomic E-state index is 0.0996. The molecule has 1 atom stereocenters. The highest BCUT2D eigenvalue weighted by molar-refractivity contribution is 5.71. The monoisotopic (exact) mass is 975 g/mol. The molecule has 0 aromatic heterocycles. The molecule has 0 rings (SSSR count). The standard InChI is InChI=1S/C64H110O6/c1-4-7-10-13-16-19-22-25-28-31-34-36-39-42-45-48-51-54-57-63(66)69-60-61(70-64(67)58-55-52-49-46-43-40-37-33-30-27-24-21-18-15-12-9-6-3)59-68-62(65)56-53-50-47-44-41-38-35-32-29-26-23-20-17-14-11-8-5-2/h9,12,17-18,20-21,26-27,29-30,37,40,46,49,61H,4-8,10-11,13-16,19,22-25,28,31-36,38-39,41-45,47-48,50-60H2,1-3H3/b12-9-,20-17-,21-18-,29-26-,30-27-,40-37-,49-46-. The van der Waals surface area contributed by atoms with Crippen molar-refractivity contribution in [2.45, 2.75) is 290 Å². The van der Waals surface area contributed by atoms with Gasteiger partial charge < -0.3 is 14.2 Å². The third-order valence-corrected chi connectivity index (χ3v) is 12.6. The number of carbonyl (C=O) groups excluding carboxylic acids is 3. The molecule has 0 N–H and O–H groups in total. The molecule has 6 heteroatoms. The summed E-state index contributed by atoms with van der Waals surface area (Å²) in [5.41, 5.74) is 0. The molecule has 6 nitrogen and oxygen atoms in total. The zero-order chi connectivity index (χ0) is 50.7. The van der Waals surface area contributed by atoms with E-state index in [9.17, 15) is 14.4 Å². The predicted octanol–water partition coefficient (Wildman–Crippen LogP) is 19.9. The molecule has 402 valence electrons. The fourth-order valence-electron chi connectivity index (χ4n) is 8.22. The molecule has 0 aliphatic heterocycles. The molecule has 0 aliphatic carbocycles. The summed E-state index contributed by atoms with van der Waals surface area (Å²) < 4.78 is 16.8. The first-order valence-electron chi connectivity index (χ1n) is 29.6. The Labute approximate surface area is 433 Å². The summed E-state index contributed by atoms with van der Waals surface area (Å²) in [6.07, 6.45) is 75.8. The van der Waals surface area contributed by atoms with Gasteiger partial charge in [-0.15, -0.1) is 0 Å². The van der Waals surface area contributed by atoms with E-state index >= 15 is 0 Å². The fraction of sp³-hybridized carbons (Fsp3) is 0.734. The van der Waals surface area contributed by atoms with Crippen molar-refractivity contribution in [2.24, 2.45) is 0 Å². The normalized spacial score (nSPS) is 12.7. The third-order valence-electron chi connectivity index (χ3n) is 12.6. The van der Waals surface area contributed by atoms with Crippen LogP contribution in [0.3, 0.4) is 0 Å². The van der Waals surface area contributed by atoms with Gasteiger partial charge in [-0.25, -0.2) is 0 Å². The van der Waals surface area contributed by atoms with E-state index in [-0.39, 0.29) is 37.5 Å². The van der Waals surface area contributed by atoms with Gasteiger partial charge in [0.1, 0.15) is 13.2 Å². The Hall–Kier alpha value is -3.41. The Bertz CT molecular complexity index is 1350. The van der Waals surface area contributed by atoms with E-state index in [1.54, 1.807) is 0 Å². The average Bonchev–Trinajstić information content (AvgIpc) is 3.36. The molecule has 0 saturated carbocycles. The van der Waals surface area contributed by atoms with Crippen LogP contribution >= 0.6 is 0 Å². The Kier molecular flexibility index (Phi) is 55.3. The van der Waals surface area contributed by atoms with E-state index in [1.165, 1.54) is 148 Å². The number of carbonyl (C=O) groups is 3. The lowest BCUT2D eigenvalue weighted by Gasteiger charge is -2.18. The Morgan fingerprint density at radius 3 is 0.943 bits per heavy atom. The Morgan fingerprint density at radius 2 is 0.571 bits per heavy atom. The molecule has 0 aromatic rings. The van der Waals surface area contributed by atoms with E-state index in [4.69, 9.17) is 14.2 Å². The summed E-state index contributed by atoms with van der Waals surface area (Å²) in [4.78, 5) is 38.2. The number of allylic oxidation sites excluding steroid dienone is 14. The van der Waals surface area contributed by atoms with E-state index in [2.05, 4.69) is 106 Å². The van der Waals surface area contributed by atoms with Crippen molar-refractivity contribution >= 4 is 17.9 Å². The molecule has 0 saturated heterocycles. The molecule has 0 fully saturated rings. The molecule has 0 aliphatic rings. The van der Waals surface area contributed by atoms with Gasteiger partial charge in [-0.3, -0.25) is 14.4 Å². The second-order valence-electron chi connectivity index (χ2n) is 19.5. The SMILES string of the molecule is CC/C=C\C/C=C\C/C=C\C/C=C\C/C=C\CCCC(=O)OC(COC(=O)CCCCCCCCC/C=C\C/C=C\CCCCC)COC(=O)CCCCCCCCCCCCCCCCCCCC. The second-order valence-corrected chi connectivity index (χ2v) is 19.5. The summed E-state index contributed by atoms with van der Waals surface area (Å²) in [5.74, 6) is -0.957. The van der Waals surface area contributed by atoms with Crippen molar-refractivity contribution in [1.82, 2.24) is 0 Å². The van der Waals surface area contributed by atoms with Crippen molar-refractivity contribution in [1.29, 1.82) is 0 Å². The smallest absolute Gasteiger partial charge is 0.306 e. The Balaban J connectivity index is 4.46. The van der Waals surface area contributed by atoms with E-state index in [0.717, 1.165) is 89.9 Å². The van der Waals surface area contributed by atoms with Crippen LogP contribution in [0.1, 0.15) is 284 Å². The van der Waals surface area contributed by atoms with Gasteiger partial charge in [0.25, 0.3) is 0 Å². The molecule has 70 heavy (non-hydrogen) atoms. The van der Waals surface area contributed by atoms with Gasteiger partial charge in [-0.1, -0.05) is 260 Å². The molecule has 0 bridgehead atoms. The number of ether oxygens (including phenoxy) is 3. The van der Waals surface area contributed by atoms with Crippen LogP contribution < -0.4 is 0 Å². The van der Waals surface area contributed by atoms with E-state index in [1.807, 2.05) is 0 Å². The van der Waals surface area contributed by atoms with Crippen LogP contribution in [0.4, 0.5) is 0 Å². The number of hydrogen-bond acceptors (Lipinski definition) is 6. The van der Waals surface area contributed by atoms with Crippen LogP contribution in [-0.2, 0) is 28.6 Å². The van der Waals surface area contributed by atoms with Gasteiger partial charge in [0.15, 0.2) is 6.10 Å². The molecule has 0 spiro atoms. The zero-order valence-electron chi connectivity index (χ0n) is 46.0. The lowest BCUT2D eigenvalue weighted by Crippen LogP contribution is -2.30. The highest BCUT2D eigenvalue weighted by Crippen LogP contribution is 2.16. The highest BCUT2D eigenvalue weighted by atomic mass is 16.6. The van der Waals surface area contributed by atoms with Crippen LogP contribution in [0.5, 0.6) is 0 Å². The number of rotatable bonds is 53. The lowest BCUT2D eigenvalue weighted by atomic mass is 10.0. The quantitative estimate of drug-likeness (QED) is 0.0261. The molecule has 0 heterocycles. The maximum atomic E-state index is 12.8. The van der Waals surface area contributed by atoms with Crippen LogP contribution in [0.15, 0.2) is 85.1 Å². The number of esters is 3. The van der Waals surface area contributed by atoms with Crippen molar-refractivity contribution in [3.63, 3.8) is 0 Å². The number of hydrogen-bond donors (Lipinski definition) is 0. The van der Waals surface area contributed by atoms with Gasteiger partial charge in [0.05, 0.1) is 0 Å². The molecule has 0 aromatic carbocycles. The topological polar surface area (TPSA) is 78.9 Å². The summed E-state index contributed by atoms with van der Waals surface area (Å²) >= 11 is 0. The van der Waals surface area contributed by atoms with Crippen molar-refractivity contribution < 1.29 is 28.6 Å². The van der Waals surface area contributed by atoms with E-state index in [0.29, 0.717) is 19.3 Å². The van der Waals surface area contributed by atoms with Gasteiger partial charge in [0.2, 0.25) is 0 Å². The highest BCUT2D eigenvalue weighted by Gasteiger charge is 2.19. The minimum Gasteiger partial charge on any atom is -0.462 e. The minimum atomic E-state index is -0.809. The van der Waals surface area contributed by atoms with Crippen LogP contribution in [-0.4, -0.2) is 37.2 Å². The van der Waals surface area contributed by atoms with Gasteiger partial charge >= 0.3 is 17.9 Å². The first kappa shape index (κ1) is 66.6. The summed E-state index contributed by atoms with van der Waals surface area (Å²) in [6.45, 7) is 6.47. The maximum Gasteiger partial charge on any atom is 0.306 e. The van der Waals surface area contributed by atoms with Gasteiger partial charge in [-0.2, -0.15) is 0 Å². The fourth-order valence-corrected chi connectivity index (χ4v) is 8.22. The van der Waals surface area contributed by atoms with Gasteiger partial charge in [-0.05, 0) is 89.9 Å². The second kappa shape index (κ2) is 58.2.